The highest BCUT2D eigenvalue weighted by molar-refractivity contribution is 5.87. The Kier molecular flexibility index (Phi) is 5.56. The van der Waals surface area contributed by atoms with Crippen molar-refractivity contribution in [2.75, 3.05) is 19.7 Å². The summed E-state index contributed by atoms with van der Waals surface area (Å²) in [6, 6.07) is 13.4. The van der Waals surface area contributed by atoms with Gasteiger partial charge in [-0.15, -0.1) is 0 Å². The number of rotatable bonds is 3. The average Bonchev–Trinajstić information content (AvgIpc) is 2.74. The topological polar surface area (TPSA) is 60.9 Å². The van der Waals surface area contributed by atoms with Crippen LogP contribution in [0.2, 0.25) is 0 Å². The molecule has 4 rings (SSSR count). The number of hydrogen-bond donors (Lipinski definition) is 1. The van der Waals surface area contributed by atoms with E-state index in [-0.39, 0.29) is 48.8 Å². The molecule has 2 amide bonds. The fourth-order valence-electron chi connectivity index (χ4n) is 4.41. The maximum atomic E-state index is 13.3. The Morgan fingerprint density at radius 1 is 1.17 bits per heavy atom. The molecule has 0 radical (unpaired) electrons. The molecule has 0 unspecified atom stereocenters. The number of halogens is 1. The summed E-state index contributed by atoms with van der Waals surface area (Å²) in [5.41, 5.74) is 2.41. The zero-order valence-corrected chi connectivity index (χ0v) is 16.7. The normalized spacial score (nSPS) is 22.6. The maximum absolute atomic E-state index is 13.3. The lowest BCUT2D eigenvalue weighted by atomic mass is 9.73. The number of benzene rings is 2. The minimum absolute atomic E-state index is 0.0304. The van der Waals surface area contributed by atoms with Crippen LogP contribution in [0.15, 0.2) is 48.5 Å². The van der Waals surface area contributed by atoms with Crippen molar-refractivity contribution in [3.63, 3.8) is 0 Å². The van der Waals surface area contributed by atoms with Crippen molar-refractivity contribution in [2.45, 2.75) is 31.3 Å². The van der Waals surface area contributed by atoms with E-state index in [2.05, 4.69) is 11.8 Å². The number of piperazine rings is 1. The van der Waals surface area contributed by atoms with Crippen molar-refractivity contribution in [1.82, 2.24) is 9.80 Å². The summed E-state index contributed by atoms with van der Waals surface area (Å²) in [6.07, 6.45) is 0.368. The fraction of sp³-hybridized carbons (Fsp3) is 0.333. The molecule has 0 aliphatic carbocycles. The molecule has 2 heterocycles. The predicted octanol–water partition coefficient (Wildman–Crippen LogP) is 2.13. The number of carbonyl (C=O) groups is 2. The molecule has 2 aliphatic heterocycles. The SMILES string of the molecule is CCC(=O)N1CC(=O)N2[C@H](CO)[C@H](c3ccc(C#Cc4cccc(F)c4)cc3)[C@@H]2C1. The van der Waals surface area contributed by atoms with Gasteiger partial charge in [-0.3, -0.25) is 9.59 Å². The molecule has 2 fully saturated rings. The summed E-state index contributed by atoms with van der Waals surface area (Å²) in [5, 5.41) is 9.86. The first-order chi connectivity index (χ1) is 14.5. The number of nitrogens with zero attached hydrogens (tertiary/aromatic N) is 2. The van der Waals surface area contributed by atoms with Crippen molar-refractivity contribution >= 4 is 11.8 Å². The molecule has 2 aromatic carbocycles. The minimum Gasteiger partial charge on any atom is -0.394 e. The molecule has 30 heavy (non-hydrogen) atoms. The van der Waals surface area contributed by atoms with Gasteiger partial charge in [-0.25, -0.2) is 4.39 Å². The van der Waals surface area contributed by atoms with Gasteiger partial charge in [-0.2, -0.15) is 0 Å². The van der Waals surface area contributed by atoms with Gasteiger partial charge in [0.25, 0.3) is 0 Å². The van der Waals surface area contributed by atoms with Crippen LogP contribution in [-0.4, -0.2) is 58.5 Å². The van der Waals surface area contributed by atoms with Crippen molar-refractivity contribution in [2.24, 2.45) is 0 Å². The van der Waals surface area contributed by atoms with Crippen LogP contribution in [0.25, 0.3) is 0 Å². The Labute approximate surface area is 175 Å². The molecule has 0 aromatic heterocycles. The lowest BCUT2D eigenvalue weighted by Gasteiger charge is -2.58. The van der Waals surface area contributed by atoms with E-state index in [4.69, 9.17) is 0 Å². The lowest BCUT2D eigenvalue weighted by Crippen LogP contribution is -2.73. The van der Waals surface area contributed by atoms with Gasteiger partial charge >= 0.3 is 0 Å². The van der Waals surface area contributed by atoms with Crippen LogP contribution < -0.4 is 0 Å². The quantitative estimate of drug-likeness (QED) is 0.795. The molecule has 2 aromatic rings. The van der Waals surface area contributed by atoms with Gasteiger partial charge in [0.1, 0.15) is 5.82 Å². The first kappa shape index (κ1) is 20.1. The van der Waals surface area contributed by atoms with Gasteiger partial charge in [0.05, 0.1) is 25.2 Å². The highest BCUT2D eigenvalue weighted by Crippen LogP contribution is 2.42. The Balaban J connectivity index is 1.53. The zero-order chi connectivity index (χ0) is 21.3. The number of carbonyl (C=O) groups excluding carboxylic acids is 2. The van der Waals surface area contributed by atoms with E-state index in [1.54, 1.807) is 28.9 Å². The summed E-state index contributed by atoms with van der Waals surface area (Å²) >= 11 is 0. The van der Waals surface area contributed by atoms with Crippen LogP contribution >= 0.6 is 0 Å². The molecule has 0 saturated carbocycles. The second-order valence-corrected chi connectivity index (χ2v) is 7.65. The Bertz CT molecular complexity index is 1020. The fourth-order valence-corrected chi connectivity index (χ4v) is 4.41. The monoisotopic (exact) mass is 406 g/mol. The maximum Gasteiger partial charge on any atom is 0.242 e. The van der Waals surface area contributed by atoms with Crippen molar-refractivity contribution in [3.8, 4) is 11.8 Å². The summed E-state index contributed by atoms with van der Waals surface area (Å²) in [5.74, 6) is 5.48. The van der Waals surface area contributed by atoms with Crippen molar-refractivity contribution < 1.29 is 19.1 Å². The van der Waals surface area contributed by atoms with E-state index < -0.39 is 0 Å². The Morgan fingerprint density at radius 3 is 2.57 bits per heavy atom. The van der Waals surface area contributed by atoms with Gasteiger partial charge in [0, 0.05) is 30.0 Å². The van der Waals surface area contributed by atoms with Crippen LogP contribution in [-0.2, 0) is 9.59 Å². The third-order valence-corrected chi connectivity index (χ3v) is 5.88. The molecule has 1 N–H and O–H groups in total. The summed E-state index contributed by atoms with van der Waals surface area (Å²) in [7, 11) is 0. The predicted molar refractivity (Wildman–Crippen MR) is 110 cm³/mol. The molecule has 3 atom stereocenters. The van der Waals surface area contributed by atoms with Gasteiger partial charge in [-0.1, -0.05) is 37.0 Å². The number of aliphatic hydroxyl groups is 1. The van der Waals surface area contributed by atoms with E-state index in [1.807, 2.05) is 24.3 Å². The first-order valence-electron chi connectivity index (χ1n) is 10.1. The average molecular weight is 406 g/mol. The number of hydrogen-bond acceptors (Lipinski definition) is 3. The molecule has 2 aliphatic rings. The number of fused-ring (bicyclic) bond motifs is 1. The van der Waals surface area contributed by atoms with Crippen LogP contribution in [0.3, 0.4) is 0 Å². The van der Waals surface area contributed by atoms with Crippen molar-refractivity contribution in [3.05, 3.63) is 71.0 Å². The molecule has 2 saturated heterocycles. The molecule has 0 spiro atoms. The van der Waals surface area contributed by atoms with Gasteiger partial charge < -0.3 is 14.9 Å². The van der Waals surface area contributed by atoms with Gasteiger partial charge in [0.15, 0.2) is 0 Å². The Morgan fingerprint density at radius 2 is 1.90 bits per heavy atom. The zero-order valence-electron chi connectivity index (χ0n) is 16.7. The molecule has 0 bridgehead atoms. The highest BCUT2D eigenvalue weighted by Gasteiger charge is 2.54. The largest absolute Gasteiger partial charge is 0.394 e. The van der Waals surface area contributed by atoms with E-state index in [0.717, 1.165) is 11.1 Å². The van der Waals surface area contributed by atoms with Crippen LogP contribution in [0.5, 0.6) is 0 Å². The van der Waals surface area contributed by atoms with Gasteiger partial charge in [0.2, 0.25) is 11.8 Å². The first-order valence-corrected chi connectivity index (χ1v) is 10.1. The minimum atomic E-state index is -0.320. The summed E-state index contributed by atoms with van der Waals surface area (Å²) in [4.78, 5) is 27.9. The molecular weight excluding hydrogens is 383 g/mol. The van der Waals surface area contributed by atoms with E-state index in [0.29, 0.717) is 18.5 Å². The summed E-state index contributed by atoms with van der Waals surface area (Å²) in [6.45, 7) is 2.25. The van der Waals surface area contributed by atoms with Crippen molar-refractivity contribution in [1.29, 1.82) is 0 Å². The second kappa shape index (κ2) is 8.29. The van der Waals surface area contributed by atoms with Crippen LogP contribution in [0.4, 0.5) is 4.39 Å². The third-order valence-electron chi connectivity index (χ3n) is 5.88. The third kappa shape index (κ3) is 3.69. The van der Waals surface area contributed by atoms with Crippen LogP contribution in [0.1, 0.15) is 36.0 Å². The number of aliphatic hydroxyl groups excluding tert-OH is 1. The lowest BCUT2D eigenvalue weighted by molar-refractivity contribution is -0.166. The second-order valence-electron chi connectivity index (χ2n) is 7.65. The van der Waals surface area contributed by atoms with Gasteiger partial charge in [-0.05, 0) is 35.9 Å². The van der Waals surface area contributed by atoms with E-state index >= 15 is 0 Å². The summed E-state index contributed by atoms with van der Waals surface area (Å²) < 4.78 is 13.3. The molecule has 154 valence electrons. The molecule has 5 nitrogen and oxygen atoms in total. The standard InChI is InChI=1S/C24H23FN2O3/c1-2-22(29)26-13-20-24(21(15-28)27(20)23(30)14-26)18-10-8-16(9-11-18)6-7-17-4-3-5-19(25)12-17/h3-5,8-12,20-21,24,28H,2,13-15H2,1H3/t20-,21+,24+/m0/s1. The number of amides is 2. The van der Waals surface area contributed by atoms with E-state index in [1.165, 1.54) is 12.1 Å². The Hall–Kier alpha value is -3.17. The van der Waals surface area contributed by atoms with Crippen LogP contribution in [0, 0.1) is 17.7 Å². The van der Waals surface area contributed by atoms with E-state index in [9.17, 15) is 19.1 Å². The smallest absolute Gasteiger partial charge is 0.242 e. The molecular formula is C24H23FN2O3. The molecule has 6 heteroatoms. The highest BCUT2D eigenvalue weighted by atomic mass is 19.1.